The second-order valence-electron chi connectivity index (χ2n) is 4.32. The van der Waals surface area contributed by atoms with E-state index in [1.807, 2.05) is 43.6 Å². The van der Waals surface area contributed by atoms with Gasteiger partial charge in [-0.05, 0) is 30.3 Å². The summed E-state index contributed by atoms with van der Waals surface area (Å²) in [5.41, 5.74) is 3.18. The number of fused-ring (bicyclic) bond motifs is 1. The summed E-state index contributed by atoms with van der Waals surface area (Å²) in [5, 5.41) is 4.17. The van der Waals surface area contributed by atoms with Crippen molar-refractivity contribution in [2.75, 3.05) is 19.5 Å². The van der Waals surface area contributed by atoms with Crippen molar-refractivity contribution >= 4 is 16.7 Å². The minimum Gasteiger partial charge on any atom is -0.497 e. The van der Waals surface area contributed by atoms with Crippen molar-refractivity contribution in [1.82, 2.24) is 9.97 Å². The molecule has 0 aliphatic carbocycles. The quantitative estimate of drug-likeness (QED) is 0.753. The number of hydrogen-bond acceptors (Lipinski definition) is 3. The molecule has 0 saturated heterocycles. The second kappa shape index (κ2) is 4.65. The molecule has 2 heterocycles. The lowest BCUT2D eigenvalue weighted by Crippen LogP contribution is -1.91. The Morgan fingerprint density at radius 1 is 1.16 bits per heavy atom. The van der Waals surface area contributed by atoms with Gasteiger partial charge in [-0.3, -0.25) is 0 Å². The number of nitrogens with one attached hydrogen (secondary N) is 2. The summed E-state index contributed by atoms with van der Waals surface area (Å²) in [6.45, 7) is 0. The van der Waals surface area contributed by atoms with Crippen LogP contribution in [0.2, 0.25) is 0 Å². The second-order valence-corrected chi connectivity index (χ2v) is 4.32. The van der Waals surface area contributed by atoms with Crippen LogP contribution in [0.15, 0.2) is 42.6 Å². The Balaban J connectivity index is 2.04. The molecule has 0 aliphatic heterocycles. The van der Waals surface area contributed by atoms with E-state index in [-0.39, 0.29) is 0 Å². The summed E-state index contributed by atoms with van der Waals surface area (Å²) in [6, 6.07) is 12.1. The molecule has 0 fully saturated rings. The average molecular weight is 253 g/mol. The highest BCUT2D eigenvalue weighted by atomic mass is 16.5. The predicted molar refractivity (Wildman–Crippen MR) is 77.6 cm³/mol. The van der Waals surface area contributed by atoms with Gasteiger partial charge in [0.1, 0.15) is 11.6 Å². The zero-order chi connectivity index (χ0) is 13.2. The zero-order valence-electron chi connectivity index (χ0n) is 10.9. The van der Waals surface area contributed by atoms with E-state index in [1.165, 1.54) is 0 Å². The molecular formula is C15H15N3O. The van der Waals surface area contributed by atoms with Crippen molar-refractivity contribution in [1.29, 1.82) is 0 Å². The van der Waals surface area contributed by atoms with Crippen molar-refractivity contribution in [3.05, 3.63) is 42.6 Å². The van der Waals surface area contributed by atoms with E-state index >= 15 is 0 Å². The van der Waals surface area contributed by atoms with Crippen LogP contribution in [0.4, 0.5) is 5.82 Å². The first-order valence-corrected chi connectivity index (χ1v) is 6.11. The third-order valence-corrected chi connectivity index (χ3v) is 3.16. The van der Waals surface area contributed by atoms with Gasteiger partial charge in [-0.2, -0.15) is 0 Å². The minimum absolute atomic E-state index is 0.851. The molecule has 0 unspecified atom stereocenters. The summed E-state index contributed by atoms with van der Waals surface area (Å²) in [4.78, 5) is 7.71. The number of nitrogens with zero attached hydrogens (tertiary/aromatic N) is 1. The molecule has 96 valence electrons. The van der Waals surface area contributed by atoms with E-state index < -0.39 is 0 Å². The van der Waals surface area contributed by atoms with Gasteiger partial charge in [0.25, 0.3) is 0 Å². The van der Waals surface area contributed by atoms with Gasteiger partial charge in [-0.1, -0.05) is 0 Å². The maximum Gasteiger partial charge on any atom is 0.125 e. The van der Waals surface area contributed by atoms with Crippen LogP contribution < -0.4 is 10.1 Å². The van der Waals surface area contributed by atoms with Crippen molar-refractivity contribution in [3.63, 3.8) is 0 Å². The van der Waals surface area contributed by atoms with Gasteiger partial charge in [-0.15, -0.1) is 0 Å². The lowest BCUT2D eigenvalue weighted by Gasteiger charge is -2.00. The number of methoxy groups -OCH3 is 1. The Labute approximate surface area is 111 Å². The number of pyridine rings is 1. The molecule has 0 radical (unpaired) electrons. The minimum atomic E-state index is 0.851. The van der Waals surface area contributed by atoms with Crippen molar-refractivity contribution in [3.8, 4) is 17.0 Å². The number of H-pyrrole nitrogens is 1. The number of hydrogen-bond donors (Lipinski definition) is 2. The molecular weight excluding hydrogens is 238 g/mol. The van der Waals surface area contributed by atoms with E-state index in [4.69, 9.17) is 4.74 Å². The van der Waals surface area contributed by atoms with Crippen LogP contribution in [0.1, 0.15) is 0 Å². The number of anilines is 1. The summed E-state index contributed by atoms with van der Waals surface area (Å²) in [7, 11) is 3.53. The number of ether oxygens (including phenoxy) is 1. The smallest absolute Gasteiger partial charge is 0.125 e. The number of aromatic nitrogens is 2. The van der Waals surface area contributed by atoms with Crippen LogP contribution >= 0.6 is 0 Å². The molecule has 1 aromatic carbocycles. The van der Waals surface area contributed by atoms with Gasteiger partial charge in [-0.25, -0.2) is 4.98 Å². The lowest BCUT2D eigenvalue weighted by atomic mass is 10.2. The first kappa shape index (κ1) is 11.6. The van der Waals surface area contributed by atoms with Crippen molar-refractivity contribution < 1.29 is 4.74 Å². The molecule has 0 aliphatic rings. The first-order chi connectivity index (χ1) is 9.30. The molecule has 2 aromatic heterocycles. The summed E-state index contributed by atoms with van der Waals surface area (Å²) >= 11 is 0. The molecule has 0 saturated carbocycles. The summed E-state index contributed by atoms with van der Waals surface area (Å²) in [5.74, 6) is 1.71. The highest BCUT2D eigenvalue weighted by molar-refractivity contribution is 5.86. The average Bonchev–Trinajstić information content (AvgIpc) is 2.90. The normalized spacial score (nSPS) is 10.6. The zero-order valence-corrected chi connectivity index (χ0v) is 10.9. The van der Waals surface area contributed by atoms with Crippen LogP contribution in [0.25, 0.3) is 22.2 Å². The Morgan fingerprint density at radius 3 is 2.74 bits per heavy atom. The number of aromatic amines is 1. The van der Waals surface area contributed by atoms with Crippen molar-refractivity contribution in [2.24, 2.45) is 0 Å². The van der Waals surface area contributed by atoms with Crippen LogP contribution in [-0.2, 0) is 0 Å². The maximum atomic E-state index is 5.23. The van der Waals surface area contributed by atoms with Gasteiger partial charge in [0.2, 0.25) is 0 Å². The largest absolute Gasteiger partial charge is 0.497 e. The summed E-state index contributed by atoms with van der Waals surface area (Å²) in [6.07, 6.45) is 1.85. The van der Waals surface area contributed by atoms with Crippen LogP contribution in [0, 0.1) is 0 Å². The van der Waals surface area contributed by atoms with Gasteiger partial charge in [0.05, 0.1) is 7.11 Å². The topological polar surface area (TPSA) is 49.9 Å². The van der Waals surface area contributed by atoms with Crippen molar-refractivity contribution in [2.45, 2.75) is 0 Å². The molecule has 3 aromatic rings. The highest BCUT2D eigenvalue weighted by Crippen LogP contribution is 2.26. The molecule has 4 heteroatoms. The van der Waals surface area contributed by atoms with Gasteiger partial charge in [0.15, 0.2) is 0 Å². The molecule has 0 bridgehead atoms. The predicted octanol–water partition coefficient (Wildman–Crippen LogP) is 3.28. The van der Waals surface area contributed by atoms with Crippen LogP contribution in [0.3, 0.4) is 0 Å². The number of rotatable bonds is 3. The molecule has 0 atom stereocenters. The summed E-state index contributed by atoms with van der Waals surface area (Å²) < 4.78 is 5.23. The number of benzene rings is 1. The molecule has 4 nitrogen and oxygen atoms in total. The monoisotopic (exact) mass is 253 g/mol. The lowest BCUT2D eigenvalue weighted by molar-refractivity contribution is 0.415. The van der Waals surface area contributed by atoms with Gasteiger partial charge >= 0.3 is 0 Å². The maximum absolute atomic E-state index is 5.23. The Kier molecular flexibility index (Phi) is 2.83. The van der Waals surface area contributed by atoms with Gasteiger partial charge < -0.3 is 15.0 Å². The fourth-order valence-corrected chi connectivity index (χ4v) is 2.09. The SMILES string of the molecule is CNc1ccc(-c2cc3ccc(OC)cc3[nH]2)cn1. The Bertz CT molecular complexity index is 701. The van der Waals surface area contributed by atoms with E-state index in [9.17, 15) is 0 Å². The van der Waals surface area contributed by atoms with E-state index in [0.29, 0.717) is 0 Å². The molecule has 19 heavy (non-hydrogen) atoms. The van der Waals surface area contributed by atoms with Crippen LogP contribution in [-0.4, -0.2) is 24.1 Å². The molecule has 3 rings (SSSR count). The van der Waals surface area contributed by atoms with E-state index in [2.05, 4.69) is 21.4 Å². The third kappa shape index (κ3) is 2.12. The van der Waals surface area contributed by atoms with E-state index in [1.54, 1.807) is 7.11 Å². The van der Waals surface area contributed by atoms with Gasteiger partial charge in [0, 0.05) is 41.5 Å². The Hall–Kier alpha value is -2.49. The highest BCUT2D eigenvalue weighted by Gasteiger charge is 2.05. The molecule has 0 amide bonds. The van der Waals surface area contributed by atoms with E-state index in [0.717, 1.165) is 33.7 Å². The molecule has 0 spiro atoms. The Morgan fingerprint density at radius 2 is 2.05 bits per heavy atom. The first-order valence-electron chi connectivity index (χ1n) is 6.11. The fourth-order valence-electron chi connectivity index (χ4n) is 2.09. The van der Waals surface area contributed by atoms with Crippen LogP contribution in [0.5, 0.6) is 5.75 Å². The third-order valence-electron chi connectivity index (χ3n) is 3.16. The fraction of sp³-hybridized carbons (Fsp3) is 0.133. The molecule has 2 N–H and O–H groups in total. The standard InChI is InChI=1S/C15H15N3O/c1-16-15-6-4-11(9-17-15)13-7-10-3-5-12(19-2)8-14(10)18-13/h3-9,18H,1-2H3,(H,16,17).